The Labute approximate surface area is 152 Å². The summed E-state index contributed by atoms with van der Waals surface area (Å²) in [4.78, 5) is 25.9. The van der Waals surface area contributed by atoms with Crippen molar-refractivity contribution in [2.24, 2.45) is 0 Å². The zero-order valence-electron chi connectivity index (χ0n) is 14.9. The van der Waals surface area contributed by atoms with Crippen molar-refractivity contribution in [3.8, 4) is 11.5 Å². The van der Waals surface area contributed by atoms with Gasteiger partial charge in [-0.1, -0.05) is 29.8 Å². The van der Waals surface area contributed by atoms with Crippen LogP contribution in [0.15, 0.2) is 42.5 Å². The highest BCUT2D eigenvalue weighted by Crippen LogP contribution is 2.30. The van der Waals surface area contributed by atoms with E-state index in [1.54, 1.807) is 25.2 Å². The molecule has 1 aliphatic heterocycles. The molecule has 6 nitrogen and oxygen atoms in total. The molecule has 1 aliphatic rings. The van der Waals surface area contributed by atoms with Crippen molar-refractivity contribution in [3.63, 3.8) is 0 Å². The van der Waals surface area contributed by atoms with Crippen LogP contribution < -0.4 is 9.47 Å². The first-order chi connectivity index (χ1) is 12.5. The minimum atomic E-state index is -0.570. The van der Waals surface area contributed by atoms with Gasteiger partial charge in [0.25, 0.3) is 5.91 Å². The molecule has 0 saturated heterocycles. The van der Waals surface area contributed by atoms with Gasteiger partial charge in [-0.3, -0.25) is 4.79 Å². The van der Waals surface area contributed by atoms with Gasteiger partial charge in [0.1, 0.15) is 13.2 Å². The summed E-state index contributed by atoms with van der Waals surface area (Å²) in [5.74, 6) is 0.269. The van der Waals surface area contributed by atoms with Crippen molar-refractivity contribution in [2.75, 3.05) is 26.9 Å². The van der Waals surface area contributed by atoms with Crippen LogP contribution in [0.4, 0.5) is 0 Å². The summed E-state index contributed by atoms with van der Waals surface area (Å²) in [6.07, 6.45) is 0. The topological polar surface area (TPSA) is 65.1 Å². The predicted octanol–water partition coefficient (Wildman–Crippen LogP) is 2.58. The van der Waals surface area contributed by atoms with Gasteiger partial charge < -0.3 is 19.1 Å². The fraction of sp³-hybridized carbons (Fsp3) is 0.300. The number of aryl methyl sites for hydroxylation is 1. The van der Waals surface area contributed by atoms with Crippen molar-refractivity contribution in [1.29, 1.82) is 0 Å². The SMILES string of the molecule is Cc1ccc(CN(C)C(=O)COC(=O)c2ccc3c(c2)OCCO3)cc1. The number of rotatable bonds is 5. The van der Waals surface area contributed by atoms with Crippen molar-refractivity contribution in [2.45, 2.75) is 13.5 Å². The molecule has 0 aromatic heterocycles. The molecule has 1 amide bonds. The molecule has 0 bridgehead atoms. The number of fused-ring (bicyclic) bond motifs is 1. The lowest BCUT2D eigenvalue weighted by Crippen LogP contribution is -2.30. The molecule has 0 unspecified atom stereocenters. The summed E-state index contributed by atoms with van der Waals surface area (Å²) < 4.78 is 16.0. The number of nitrogens with zero attached hydrogens (tertiary/aromatic N) is 1. The number of ether oxygens (including phenoxy) is 3. The van der Waals surface area contributed by atoms with Gasteiger partial charge in [0.2, 0.25) is 0 Å². The van der Waals surface area contributed by atoms with Gasteiger partial charge in [-0.05, 0) is 30.7 Å². The standard InChI is InChI=1S/C20H21NO5/c1-14-3-5-15(6-4-14)12-21(2)19(22)13-26-20(23)16-7-8-17-18(11-16)25-10-9-24-17/h3-8,11H,9-10,12-13H2,1-2H3. The molecule has 0 fully saturated rings. The molecule has 0 atom stereocenters. The van der Waals surface area contributed by atoms with Crippen LogP contribution in [0.25, 0.3) is 0 Å². The Balaban J connectivity index is 1.53. The molecule has 136 valence electrons. The van der Waals surface area contributed by atoms with Gasteiger partial charge in [-0.15, -0.1) is 0 Å². The molecule has 0 radical (unpaired) electrons. The van der Waals surface area contributed by atoms with Gasteiger partial charge >= 0.3 is 5.97 Å². The Kier molecular flexibility index (Phi) is 5.41. The lowest BCUT2D eigenvalue weighted by atomic mass is 10.1. The average molecular weight is 355 g/mol. The Hall–Kier alpha value is -3.02. The third-order valence-electron chi connectivity index (χ3n) is 4.07. The van der Waals surface area contributed by atoms with E-state index in [4.69, 9.17) is 14.2 Å². The van der Waals surface area contributed by atoms with E-state index in [1.807, 2.05) is 31.2 Å². The highest BCUT2D eigenvalue weighted by molar-refractivity contribution is 5.92. The summed E-state index contributed by atoms with van der Waals surface area (Å²) in [6, 6.07) is 12.8. The molecule has 3 rings (SSSR count). The average Bonchev–Trinajstić information content (AvgIpc) is 2.67. The van der Waals surface area contributed by atoms with E-state index in [9.17, 15) is 9.59 Å². The zero-order chi connectivity index (χ0) is 18.5. The number of likely N-dealkylation sites (N-methyl/N-ethyl adjacent to an activating group) is 1. The van der Waals surface area contributed by atoms with Crippen LogP contribution in [-0.2, 0) is 16.1 Å². The van der Waals surface area contributed by atoms with Crippen LogP contribution in [0.2, 0.25) is 0 Å². The van der Waals surface area contributed by atoms with Gasteiger partial charge in [0, 0.05) is 13.6 Å². The van der Waals surface area contributed by atoms with Crippen LogP contribution in [0.3, 0.4) is 0 Å². The van der Waals surface area contributed by atoms with Crippen LogP contribution in [0.5, 0.6) is 11.5 Å². The minimum Gasteiger partial charge on any atom is -0.486 e. The van der Waals surface area contributed by atoms with E-state index in [2.05, 4.69) is 0 Å². The van der Waals surface area contributed by atoms with Crippen LogP contribution in [0.1, 0.15) is 21.5 Å². The number of carbonyl (C=O) groups is 2. The first-order valence-electron chi connectivity index (χ1n) is 8.39. The second kappa shape index (κ2) is 7.91. The smallest absolute Gasteiger partial charge is 0.338 e. The molecule has 2 aromatic carbocycles. The van der Waals surface area contributed by atoms with Crippen molar-refractivity contribution >= 4 is 11.9 Å². The largest absolute Gasteiger partial charge is 0.486 e. The summed E-state index contributed by atoms with van der Waals surface area (Å²) in [5.41, 5.74) is 2.50. The fourth-order valence-corrected chi connectivity index (χ4v) is 2.55. The van der Waals surface area contributed by atoms with E-state index < -0.39 is 5.97 Å². The fourth-order valence-electron chi connectivity index (χ4n) is 2.55. The maximum absolute atomic E-state index is 12.2. The quantitative estimate of drug-likeness (QED) is 0.772. The Morgan fingerprint density at radius 2 is 1.73 bits per heavy atom. The van der Waals surface area contributed by atoms with Gasteiger partial charge in [-0.25, -0.2) is 4.79 Å². The van der Waals surface area contributed by atoms with Crippen molar-refractivity contribution in [3.05, 3.63) is 59.2 Å². The molecule has 0 saturated carbocycles. The lowest BCUT2D eigenvalue weighted by molar-refractivity contribution is -0.133. The number of hydrogen-bond donors (Lipinski definition) is 0. The normalized spacial score (nSPS) is 12.4. The van der Waals surface area contributed by atoms with E-state index in [-0.39, 0.29) is 12.5 Å². The third-order valence-corrected chi connectivity index (χ3v) is 4.07. The Morgan fingerprint density at radius 3 is 2.46 bits per heavy atom. The second-order valence-corrected chi connectivity index (χ2v) is 6.17. The van der Waals surface area contributed by atoms with E-state index in [0.29, 0.717) is 36.8 Å². The van der Waals surface area contributed by atoms with Crippen LogP contribution in [0, 0.1) is 6.92 Å². The summed E-state index contributed by atoms with van der Waals surface area (Å²) in [5, 5.41) is 0. The number of benzene rings is 2. The Bertz CT molecular complexity index is 800. The third kappa shape index (κ3) is 4.33. The van der Waals surface area contributed by atoms with Crippen molar-refractivity contribution < 1.29 is 23.8 Å². The number of carbonyl (C=O) groups excluding carboxylic acids is 2. The molecule has 2 aromatic rings. The monoisotopic (exact) mass is 355 g/mol. The molecular formula is C20H21NO5. The molecular weight excluding hydrogens is 334 g/mol. The van der Waals surface area contributed by atoms with Gasteiger partial charge in [-0.2, -0.15) is 0 Å². The molecule has 0 N–H and O–H groups in total. The summed E-state index contributed by atoms with van der Waals surface area (Å²) in [6.45, 7) is 3.08. The van der Waals surface area contributed by atoms with Crippen LogP contribution >= 0.6 is 0 Å². The van der Waals surface area contributed by atoms with E-state index in [1.165, 1.54) is 4.90 Å². The first kappa shape index (κ1) is 17.8. The molecule has 0 spiro atoms. The zero-order valence-corrected chi connectivity index (χ0v) is 14.9. The molecule has 6 heteroatoms. The maximum atomic E-state index is 12.2. The lowest BCUT2D eigenvalue weighted by Gasteiger charge is -2.19. The summed E-state index contributed by atoms with van der Waals surface area (Å²) in [7, 11) is 1.68. The van der Waals surface area contributed by atoms with Crippen LogP contribution in [-0.4, -0.2) is 43.6 Å². The molecule has 1 heterocycles. The highest BCUT2D eigenvalue weighted by Gasteiger charge is 2.17. The van der Waals surface area contributed by atoms with Gasteiger partial charge in [0.05, 0.1) is 5.56 Å². The van der Waals surface area contributed by atoms with Crippen molar-refractivity contribution in [1.82, 2.24) is 4.90 Å². The molecule has 26 heavy (non-hydrogen) atoms. The van der Waals surface area contributed by atoms with E-state index >= 15 is 0 Å². The molecule has 0 aliphatic carbocycles. The number of esters is 1. The second-order valence-electron chi connectivity index (χ2n) is 6.17. The number of hydrogen-bond acceptors (Lipinski definition) is 5. The van der Waals surface area contributed by atoms with E-state index in [0.717, 1.165) is 11.1 Å². The summed E-state index contributed by atoms with van der Waals surface area (Å²) >= 11 is 0. The predicted molar refractivity (Wildman–Crippen MR) is 95.4 cm³/mol. The number of amides is 1. The Morgan fingerprint density at radius 1 is 1.04 bits per heavy atom. The first-order valence-corrected chi connectivity index (χ1v) is 8.39. The highest BCUT2D eigenvalue weighted by atomic mass is 16.6. The maximum Gasteiger partial charge on any atom is 0.338 e. The minimum absolute atomic E-state index is 0.267. The van der Waals surface area contributed by atoms with Gasteiger partial charge in [0.15, 0.2) is 18.1 Å².